The van der Waals surface area contributed by atoms with E-state index in [9.17, 15) is 0 Å². The van der Waals surface area contributed by atoms with Gasteiger partial charge in [-0.05, 0) is 80.6 Å². The Hall–Kier alpha value is 0.320. The van der Waals surface area contributed by atoms with Crippen LogP contribution in [0.2, 0.25) is 0 Å². The fourth-order valence-electron chi connectivity index (χ4n) is 2.09. The molecule has 2 rings (SSSR count). The third-order valence-electron chi connectivity index (χ3n) is 3.06. The maximum atomic E-state index is 3.70. The second-order valence-electron chi connectivity index (χ2n) is 4.69. The predicted octanol–water partition coefficient (Wildman–Crippen LogP) is 6.43. The van der Waals surface area contributed by atoms with Crippen LogP contribution in [-0.4, -0.2) is 6.54 Å². The summed E-state index contributed by atoms with van der Waals surface area (Å²) in [6, 6.07) is 8.92. The van der Waals surface area contributed by atoms with Crippen LogP contribution in [-0.2, 0) is 0 Å². The van der Waals surface area contributed by atoms with Gasteiger partial charge in [0.05, 0.1) is 13.6 Å². The fourth-order valence-corrected chi connectivity index (χ4v) is 5.72. The van der Waals surface area contributed by atoms with Crippen LogP contribution in [0.1, 0.15) is 36.1 Å². The Morgan fingerprint density at radius 2 is 1.90 bits per heavy atom. The lowest BCUT2D eigenvalue weighted by Crippen LogP contribution is -2.23. The first-order valence-electron chi connectivity index (χ1n) is 6.47. The molecule has 1 N–H and O–H groups in total. The van der Waals surface area contributed by atoms with Gasteiger partial charge in [0.1, 0.15) is 0 Å². The molecule has 0 radical (unpaired) electrons. The Kier molecular flexibility index (Phi) is 6.29. The number of benzene rings is 1. The monoisotopic (exact) mass is 479 g/mol. The Labute approximate surface area is 149 Å². The highest BCUT2D eigenvalue weighted by molar-refractivity contribution is 9.12. The average molecular weight is 482 g/mol. The van der Waals surface area contributed by atoms with E-state index in [1.807, 2.05) is 0 Å². The van der Waals surface area contributed by atoms with E-state index in [0.717, 1.165) is 21.2 Å². The van der Waals surface area contributed by atoms with Gasteiger partial charge in [-0.3, -0.25) is 0 Å². The Morgan fingerprint density at radius 1 is 1.15 bits per heavy atom. The number of halogens is 3. The van der Waals surface area contributed by atoms with E-state index in [1.165, 1.54) is 20.5 Å². The van der Waals surface area contributed by atoms with Crippen molar-refractivity contribution >= 4 is 59.1 Å². The van der Waals surface area contributed by atoms with Crippen LogP contribution < -0.4 is 5.32 Å². The van der Waals surface area contributed by atoms with Crippen molar-refractivity contribution in [1.82, 2.24) is 5.32 Å². The summed E-state index contributed by atoms with van der Waals surface area (Å²) in [5.74, 6) is 0. The highest BCUT2D eigenvalue weighted by Crippen LogP contribution is 2.39. The minimum Gasteiger partial charge on any atom is -0.306 e. The van der Waals surface area contributed by atoms with Crippen LogP contribution in [0.25, 0.3) is 0 Å². The van der Waals surface area contributed by atoms with Crippen LogP contribution >= 0.6 is 59.1 Å². The van der Waals surface area contributed by atoms with E-state index in [1.54, 1.807) is 11.3 Å². The molecule has 1 atom stereocenters. The van der Waals surface area contributed by atoms with Gasteiger partial charge < -0.3 is 5.32 Å². The van der Waals surface area contributed by atoms with E-state index in [-0.39, 0.29) is 6.04 Å². The minimum atomic E-state index is 0.196. The van der Waals surface area contributed by atoms with E-state index in [4.69, 9.17) is 0 Å². The molecular weight excluding hydrogens is 466 g/mol. The van der Waals surface area contributed by atoms with Crippen LogP contribution in [0, 0.1) is 6.92 Å². The predicted molar refractivity (Wildman–Crippen MR) is 98.7 cm³/mol. The normalized spacial score (nSPS) is 12.7. The first kappa shape index (κ1) is 16.7. The number of aryl methyl sites for hydroxylation is 1. The summed E-state index contributed by atoms with van der Waals surface area (Å²) in [5, 5.41) is 3.64. The van der Waals surface area contributed by atoms with Gasteiger partial charge in [0, 0.05) is 4.47 Å². The summed E-state index contributed by atoms with van der Waals surface area (Å²) >= 11 is 12.7. The molecule has 1 aromatic carbocycles. The van der Waals surface area contributed by atoms with E-state index in [0.29, 0.717) is 0 Å². The average Bonchev–Trinajstić information content (AvgIpc) is 2.71. The molecule has 1 nitrogen and oxygen atoms in total. The maximum absolute atomic E-state index is 3.70. The summed E-state index contributed by atoms with van der Waals surface area (Å²) in [5.41, 5.74) is 3.82. The molecule has 1 aromatic heterocycles. The molecule has 1 heterocycles. The minimum absolute atomic E-state index is 0.196. The summed E-state index contributed by atoms with van der Waals surface area (Å²) in [4.78, 5) is 0. The van der Waals surface area contributed by atoms with Gasteiger partial charge in [-0.15, -0.1) is 11.3 Å². The van der Waals surface area contributed by atoms with Crippen molar-refractivity contribution in [3.8, 4) is 0 Å². The van der Waals surface area contributed by atoms with Crippen LogP contribution in [0.3, 0.4) is 0 Å². The Morgan fingerprint density at radius 3 is 2.45 bits per heavy atom. The Balaban J connectivity index is 2.44. The van der Waals surface area contributed by atoms with Gasteiger partial charge in [-0.2, -0.15) is 0 Å². The van der Waals surface area contributed by atoms with Crippen molar-refractivity contribution in [2.24, 2.45) is 0 Å². The van der Waals surface area contributed by atoms with Crippen molar-refractivity contribution in [1.29, 1.82) is 0 Å². The van der Waals surface area contributed by atoms with Crippen LogP contribution in [0.15, 0.2) is 36.3 Å². The molecule has 1 unspecified atom stereocenters. The molecule has 0 saturated carbocycles. The molecule has 0 saturated heterocycles. The second kappa shape index (κ2) is 7.54. The maximum Gasteiger partial charge on any atom is 0.0761 e. The number of thiophene rings is 1. The van der Waals surface area contributed by atoms with E-state index in [2.05, 4.69) is 91.2 Å². The highest BCUT2D eigenvalue weighted by Gasteiger charge is 2.20. The zero-order valence-electron chi connectivity index (χ0n) is 11.3. The molecule has 2 aromatic rings. The quantitative estimate of drug-likeness (QED) is 0.518. The zero-order valence-corrected chi connectivity index (χ0v) is 16.9. The van der Waals surface area contributed by atoms with Crippen molar-refractivity contribution in [3.05, 3.63) is 53.0 Å². The summed E-state index contributed by atoms with van der Waals surface area (Å²) in [6.45, 7) is 5.29. The molecule has 108 valence electrons. The van der Waals surface area contributed by atoms with Gasteiger partial charge in [-0.1, -0.05) is 35.0 Å². The topological polar surface area (TPSA) is 12.0 Å². The largest absolute Gasteiger partial charge is 0.306 e. The first-order chi connectivity index (χ1) is 9.52. The SMILES string of the molecule is CCCNC(c1ccc(C)cc1Br)c1cc(Br)sc1Br. The third kappa shape index (κ3) is 3.95. The molecule has 0 amide bonds. The molecule has 0 bridgehead atoms. The zero-order chi connectivity index (χ0) is 14.7. The van der Waals surface area contributed by atoms with Crippen LogP contribution in [0.4, 0.5) is 0 Å². The molecule has 5 heteroatoms. The Bertz CT molecular complexity index is 595. The molecule has 0 fully saturated rings. The summed E-state index contributed by atoms with van der Waals surface area (Å²) in [7, 11) is 0. The third-order valence-corrected chi connectivity index (χ3v) is 6.13. The number of rotatable bonds is 5. The lowest BCUT2D eigenvalue weighted by atomic mass is 10.00. The summed E-state index contributed by atoms with van der Waals surface area (Å²) in [6.07, 6.45) is 1.11. The van der Waals surface area contributed by atoms with Gasteiger partial charge in [0.15, 0.2) is 0 Å². The lowest BCUT2D eigenvalue weighted by molar-refractivity contribution is 0.596. The molecule has 20 heavy (non-hydrogen) atoms. The number of hydrogen-bond acceptors (Lipinski definition) is 2. The van der Waals surface area contributed by atoms with E-state index >= 15 is 0 Å². The fraction of sp³-hybridized carbons (Fsp3) is 0.333. The number of nitrogens with one attached hydrogen (secondary N) is 1. The number of hydrogen-bond donors (Lipinski definition) is 1. The van der Waals surface area contributed by atoms with Gasteiger partial charge in [-0.25, -0.2) is 0 Å². The molecule has 0 spiro atoms. The molecule has 0 aliphatic heterocycles. The van der Waals surface area contributed by atoms with Crippen molar-refractivity contribution < 1.29 is 0 Å². The standard InChI is InChI=1S/C15H16Br3NS/c1-3-6-19-14(11-8-13(17)20-15(11)18)10-5-4-9(2)7-12(10)16/h4-5,7-8,14,19H,3,6H2,1-2H3. The molecular formula is C15H16Br3NS. The molecule has 0 aliphatic carbocycles. The van der Waals surface area contributed by atoms with Gasteiger partial charge in [0.2, 0.25) is 0 Å². The van der Waals surface area contributed by atoms with Gasteiger partial charge in [0.25, 0.3) is 0 Å². The smallest absolute Gasteiger partial charge is 0.0761 e. The van der Waals surface area contributed by atoms with Crippen LogP contribution in [0.5, 0.6) is 0 Å². The second-order valence-corrected chi connectivity index (χ2v) is 9.30. The van der Waals surface area contributed by atoms with E-state index < -0.39 is 0 Å². The first-order valence-corrected chi connectivity index (χ1v) is 9.66. The summed E-state index contributed by atoms with van der Waals surface area (Å²) < 4.78 is 3.47. The lowest BCUT2D eigenvalue weighted by Gasteiger charge is -2.20. The molecule has 0 aliphatic rings. The van der Waals surface area contributed by atoms with Crippen molar-refractivity contribution in [2.75, 3.05) is 6.54 Å². The van der Waals surface area contributed by atoms with Crippen molar-refractivity contribution in [3.63, 3.8) is 0 Å². The van der Waals surface area contributed by atoms with Gasteiger partial charge >= 0.3 is 0 Å². The highest BCUT2D eigenvalue weighted by atomic mass is 79.9. The van der Waals surface area contributed by atoms with Crippen molar-refractivity contribution in [2.45, 2.75) is 26.3 Å².